The molecule has 1 heterocycles. The first-order valence-electron chi connectivity index (χ1n) is 8.75. The third-order valence-corrected chi connectivity index (χ3v) is 4.82. The van der Waals surface area contributed by atoms with Crippen LogP contribution in [0.1, 0.15) is 44.2 Å². The molecule has 0 aliphatic carbocycles. The Morgan fingerprint density at radius 3 is 2.57 bits per heavy atom. The zero-order chi connectivity index (χ0) is 16.7. The second-order valence-electron chi connectivity index (χ2n) is 6.39. The van der Waals surface area contributed by atoms with Crippen molar-refractivity contribution in [1.29, 1.82) is 0 Å². The van der Waals surface area contributed by atoms with Gasteiger partial charge >= 0.3 is 0 Å². The zero-order valence-corrected chi connectivity index (χ0v) is 14.7. The molecule has 0 saturated carbocycles. The number of rotatable bonds is 7. The maximum Gasteiger partial charge on any atom is 0.222 e. The lowest BCUT2D eigenvalue weighted by Crippen LogP contribution is -2.50. The minimum Gasteiger partial charge on any atom is -0.380 e. The molecule has 0 radical (unpaired) electrons. The molecule has 1 aromatic rings. The van der Waals surface area contributed by atoms with E-state index >= 15 is 0 Å². The number of methoxy groups -OCH3 is 1. The Balaban J connectivity index is 1.86. The van der Waals surface area contributed by atoms with Gasteiger partial charge in [0.25, 0.3) is 0 Å². The van der Waals surface area contributed by atoms with Crippen LogP contribution in [-0.2, 0) is 22.7 Å². The molecule has 128 valence electrons. The topological polar surface area (TPSA) is 41.6 Å². The number of nitrogens with one attached hydrogen (secondary N) is 1. The minimum absolute atomic E-state index is 0.288. The highest BCUT2D eigenvalue weighted by atomic mass is 16.5. The molecule has 1 saturated heterocycles. The molecule has 1 N–H and O–H groups in total. The second kappa shape index (κ2) is 9.04. The summed E-state index contributed by atoms with van der Waals surface area (Å²) in [5.74, 6) is 0.836. The predicted molar refractivity (Wildman–Crippen MR) is 93.1 cm³/mol. The summed E-state index contributed by atoms with van der Waals surface area (Å²) in [5, 5.41) is 3.70. The first-order valence-corrected chi connectivity index (χ1v) is 8.75. The van der Waals surface area contributed by atoms with E-state index in [2.05, 4.69) is 36.5 Å². The van der Waals surface area contributed by atoms with Crippen molar-refractivity contribution in [2.24, 2.45) is 5.92 Å². The standard InChI is InChI=1S/C19H30N2O2/c1-4-17-13-21(19(22)5-2)11-10-18(17)20-12-15-6-8-16(9-7-15)14-23-3/h6-9,17-18,20H,4-5,10-14H2,1-3H3/t17-,18+/m0/s1. The molecule has 2 atom stereocenters. The molecule has 0 bridgehead atoms. The third kappa shape index (κ3) is 5.05. The Bertz CT molecular complexity index is 487. The maximum absolute atomic E-state index is 11.9. The van der Waals surface area contributed by atoms with Crippen LogP contribution in [0.15, 0.2) is 24.3 Å². The first-order chi connectivity index (χ1) is 11.2. The Labute approximate surface area is 140 Å². The molecule has 1 fully saturated rings. The molecule has 1 amide bonds. The highest BCUT2D eigenvalue weighted by Crippen LogP contribution is 2.21. The molecule has 0 spiro atoms. The van der Waals surface area contributed by atoms with E-state index in [1.54, 1.807) is 7.11 Å². The van der Waals surface area contributed by atoms with Crippen molar-refractivity contribution in [1.82, 2.24) is 10.2 Å². The number of benzene rings is 1. The summed E-state index contributed by atoms with van der Waals surface area (Å²) in [6.07, 6.45) is 2.77. The fourth-order valence-electron chi connectivity index (χ4n) is 3.33. The smallest absolute Gasteiger partial charge is 0.222 e. The van der Waals surface area contributed by atoms with Gasteiger partial charge in [-0.05, 0) is 23.5 Å². The average molecular weight is 318 g/mol. The minimum atomic E-state index is 0.288. The Hall–Kier alpha value is -1.39. The van der Waals surface area contributed by atoms with Crippen LogP contribution in [0.25, 0.3) is 0 Å². The van der Waals surface area contributed by atoms with E-state index in [9.17, 15) is 4.79 Å². The van der Waals surface area contributed by atoms with Crippen molar-refractivity contribution < 1.29 is 9.53 Å². The number of likely N-dealkylation sites (tertiary alicyclic amines) is 1. The van der Waals surface area contributed by atoms with E-state index in [0.717, 1.165) is 32.5 Å². The highest BCUT2D eigenvalue weighted by Gasteiger charge is 2.29. The Morgan fingerprint density at radius 2 is 1.96 bits per heavy atom. The van der Waals surface area contributed by atoms with Crippen LogP contribution in [0.4, 0.5) is 0 Å². The molecule has 0 unspecified atom stereocenters. The summed E-state index contributed by atoms with van der Waals surface area (Å²) >= 11 is 0. The van der Waals surface area contributed by atoms with Crippen molar-refractivity contribution in [3.8, 4) is 0 Å². The first kappa shape index (κ1) is 18.0. The van der Waals surface area contributed by atoms with Crippen LogP contribution in [0.2, 0.25) is 0 Å². The lowest BCUT2D eigenvalue weighted by molar-refractivity contribution is -0.133. The summed E-state index contributed by atoms with van der Waals surface area (Å²) in [6, 6.07) is 9.08. The summed E-state index contributed by atoms with van der Waals surface area (Å²) < 4.78 is 5.14. The maximum atomic E-state index is 11.9. The van der Waals surface area contributed by atoms with Crippen molar-refractivity contribution in [3.05, 3.63) is 35.4 Å². The number of carbonyl (C=O) groups is 1. The molecule has 1 aliphatic rings. The van der Waals surface area contributed by atoms with Gasteiger partial charge in [0.2, 0.25) is 5.91 Å². The molecule has 1 aliphatic heterocycles. The lowest BCUT2D eigenvalue weighted by Gasteiger charge is -2.38. The van der Waals surface area contributed by atoms with Crippen LogP contribution in [0, 0.1) is 5.92 Å². The Kier molecular flexibility index (Phi) is 7.06. The van der Waals surface area contributed by atoms with Gasteiger partial charge in [-0.1, -0.05) is 44.5 Å². The second-order valence-corrected chi connectivity index (χ2v) is 6.39. The molecule has 4 heteroatoms. The molecule has 4 nitrogen and oxygen atoms in total. The predicted octanol–water partition coefficient (Wildman–Crippen LogP) is 2.96. The monoisotopic (exact) mass is 318 g/mol. The van der Waals surface area contributed by atoms with Gasteiger partial charge in [-0.25, -0.2) is 0 Å². The summed E-state index contributed by atoms with van der Waals surface area (Å²) in [7, 11) is 1.72. The van der Waals surface area contributed by atoms with Crippen LogP contribution in [0.3, 0.4) is 0 Å². The number of carbonyl (C=O) groups excluding carboxylic acids is 1. The molecule has 0 aromatic heterocycles. The number of nitrogens with zero attached hydrogens (tertiary/aromatic N) is 1. The van der Waals surface area contributed by atoms with Gasteiger partial charge in [0.1, 0.15) is 0 Å². The van der Waals surface area contributed by atoms with Gasteiger partial charge in [0.05, 0.1) is 6.61 Å². The molecule has 23 heavy (non-hydrogen) atoms. The van der Waals surface area contributed by atoms with Crippen LogP contribution >= 0.6 is 0 Å². The van der Waals surface area contributed by atoms with Gasteiger partial charge in [-0.2, -0.15) is 0 Å². The van der Waals surface area contributed by atoms with Crippen LogP contribution < -0.4 is 5.32 Å². The largest absolute Gasteiger partial charge is 0.380 e. The van der Waals surface area contributed by atoms with Gasteiger partial charge in [-0.15, -0.1) is 0 Å². The van der Waals surface area contributed by atoms with E-state index in [1.165, 1.54) is 11.1 Å². The van der Waals surface area contributed by atoms with Gasteiger partial charge < -0.3 is 15.0 Å². The van der Waals surface area contributed by atoms with Crippen LogP contribution in [0.5, 0.6) is 0 Å². The fourth-order valence-corrected chi connectivity index (χ4v) is 3.33. The van der Waals surface area contributed by atoms with E-state index in [4.69, 9.17) is 4.74 Å². The molecule has 1 aromatic carbocycles. The van der Waals surface area contributed by atoms with E-state index in [0.29, 0.717) is 25.0 Å². The van der Waals surface area contributed by atoms with Crippen molar-refractivity contribution in [2.75, 3.05) is 20.2 Å². The molecular formula is C19H30N2O2. The lowest BCUT2D eigenvalue weighted by atomic mass is 9.89. The third-order valence-electron chi connectivity index (χ3n) is 4.82. The SMILES string of the molecule is CCC(=O)N1CC[C@@H](NCc2ccc(COC)cc2)[C@@H](CC)C1. The fraction of sp³-hybridized carbons (Fsp3) is 0.632. The number of piperidine rings is 1. The van der Waals surface area contributed by atoms with Gasteiger partial charge in [-0.3, -0.25) is 4.79 Å². The molecular weight excluding hydrogens is 288 g/mol. The van der Waals surface area contributed by atoms with E-state index in [1.807, 2.05) is 11.8 Å². The van der Waals surface area contributed by atoms with E-state index < -0.39 is 0 Å². The molecule has 2 rings (SSSR count). The number of hydrogen-bond acceptors (Lipinski definition) is 3. The zero-order valence-electron chi connectivity index (χ0n) is 14.7. The number of amides is 1. The summed E-state index contributed by atoms with van der Waals surface area (Å²) in [4.78, 5) is 13.9. The van der Waals surface area contributed by atoms with E-state index in [-0.39, 0.29) is 5.91 Å². The number of hydrogen-bond donors (Lipinski definition) is 1. The van der Waals surface area contributed by atoms with Crippen molar-refractivity contribution in [2.45, 2.75) is 52.3 Å². The van der Waals surface area contributed by atoms with Crippen molar-refractivity contribution in [3.63, 3.8) is 0 Å². The normalized spacial score (nSPS) is 21.4. The van der Waals surface area contributed by atoms with Crippen LogP contribution in [-0.4, -0.2) is 37.0 Å². The Morgan fingerprint density at radius 1 is 1.26 bits per heavy atom. The summed E-state index contributed by atoms with van der Waals surface area (Å²) in [6.45, 7) is 7.49. The average Bonchev–Trinajstić information content (AvgIpc) is 2.60. The van der Waals surface area contributed by atoms with Gasteiger partial charge in [0, 0.05) is 39.2 Å². The quantitative estimate of drug-likeness (QED) is 0.840. The number of ether oxygens (including phenoxy) is 1. The van der Waals surface area contributed by atoms with Crippen molar-refractivity contribution >= 4 is 5.91 Å². The van der Waals surface area contributed by atoms with Gasteiger partial charge in [0.15, 0.2) is 0 Å². The summed E-state index contributed by atoms with van der Waals surface area (Å²) in [5.41, 5.74) is 2.50. The highest BCUT2D eigenvalue weighted by molar-refractivity contribution is 5.75.